The van der Waals surface area contributed by atoms with Gasteiger partial charge >= 0.3 is 5.76 Å². The number of ether oxygens (including phenoxy) is 1. The van der Waals surface area contributed by atoms with E-state index in [0.29, 0.717) is 24.2 Å². The zero-order valence-electron chi connectivity index (χ0n) is 23.2. The van der Waals surface area contributed by atoms with Crippen molar-refractivity contribution in [1.29, 1.82) is 0 Å². The van der Waals surface area contributed by atoms with Gasteiger partial charge in [0.05, 0.1) is 18.5 Å². The van der Waals surface area contributed by atoms with Gasteiger partial charge in [-0.25, -0.2) is 9.78 Å². The Balaban J connectivity index is 0.00000370. The van der Waals surface area contributed by atoms with Crippen LogP contribution in [-0.2, 0) is 19.3 Å². The maximum Gasteiger partial charge on any atom is 0.439 e. The van der Waals surface area contributed by atoms with Crippen molar-refractivity contribution in [3.8, 4) is 34.0 Å². The molecule has 0 aliphatic heterocycles. The number of benzene rings is 3. The van der Waals surface area contributed by atoms with E-state index in [1.165, 1.54) is 0 Å². The Bertz CT molecular complexity index is 1700. The molecule has 199 valence electrons. The quantitative estimate of drug-likeness (QED) is 0.255. The van der Waals surface area contributed by atoms with Gasteiger partial charge in [0.2, 0.25) is 0 Å². The van der Waals surface area contributed by atoms with Crippen LogP contribution in [0.5, 0.6) is 5.75 Å². The zero-order valence-corrected chi connectivity index (χ0v) is 26.4. The molecule has 0 spiro atoms. The summed E-state index contributed by atoms with van der Waals surface area (Å²) in [4.78, 5) is 33.0. The Kier molecular flexibility index (Phi) is 10.1. The minimum Gasteiger partial charge on any atom is -0.497 e. The van der Waals surface area contributed by atoms with Crippen LogP contribution in [0.25, 0.3) is 28.2 Å². The topological polar surface area (TPSA) is 103 Å². The van der Waals surface area contributed by atoms with Gasteiger partial charge in [-0.2, -0.15) is 0 Å². The molecule has 2 aromatic heterocycles. The third-order valence-electron chi connectivity index (χ3n) is 6.73. The molecule has 9 heteroatoms. The van der Waals surface area contributed by atoms with Crippen LogP contribution in [0.15, 0.2) is 86.9 Å². The summed E-state index contributed by atoms with van der Waals surface area (Å²) in [6.07, 6.45) is 2.75. The van der Waals surface area contributed by atoms with Crippen LogP contribution in [0.4, 0.5) is 0 Å². The molecule has 0 saturated carbocycles. The van der Waals surface area contributed by atoms with Crippen LogP contribution >= 0.6 is 0 Å². The fourth-order valence-electron chi connectivity index (χ4n) is 4.80. The molecule has 40 heavy (non-hydrogen) atoms. The Hall–Kier alpha value is -3.08. The van der Waals surface area contributed by atoms with Gasteiger partial charge in [-0.3, -0.25) is 18.9 Å². The van der Waals surface area contributed by atoms with Gasteiger partial charge in [-0.05, 0) is 47.4 Å². The first-order chi connectivity index (χ1) is 19.0. The molecule has 0 bridgehead atoms. The van der Waals surface area contributed by atoms with Crippen LogP contribution < -0.4 is 16.1 Å². The van der Waals surface area contributed by atoms with E-state index in [-0.39, 0.29) is 56.9 Å². The average molecular weight is 562 g/mol. The largest absolute Gasteiger partial charge is 0.497 e. The van der Waals surface area contributed by atoms with Crippen LogP contribution in [-0.4, -0.2) is 78.2 Å². The Morgan fingerprint density at radius 2 is 1.62 bits per heavy atom. The SMILES string of the molecule is CCCc1nc(CC)n(-c2ccc(OC)cc2)c(=O)c1Cc1ccc(-c2ccccc2-c2noc(=O)[nH]2)cc1.[K]. The molecule has 0 saturated heterocycles. The molecule has 3 aromatic carbocycles. The van der Waals surface area contributed by atoms with E-state index in [0.717, 1.165) is 58.1 Å². The summed E-state index contributed by atoms with van der Waals surface area (Å²) >= 11 is 0. The Morgan fingerprint density at radius 1 is 0.925 bits per heavy atom. The van der Waals surface area contributed by atoms with Crippen LogP contribution in [0, 0.1) is 0 Å². The fraction of sp³-hybridized carbons (Fsp3) is 0.226. The predicted octanol–water partition coefficient (Wildman–Crippen LogP) is 4.98. The molecule has 1 N–H and O–H groups in total. The molecule has 2 heterocycles. The van der Waals surface area contributed by atoms with Gasteiger partial charge in [0.1, 0.15) is 11.6 Å². The molecule has 5 aromatic rings. The van der Waals surface area contributed by atoms with Gasteiger partial charge in [0.25, 0.3) is 5.56 Å². The number of aromatic nitrogens is 4. The van der Waals surface area contributed by atoms with Gasteiger partial charge in [0, 0.05) is 75.4 Å². The maximum absolute atomic E-state index is 13.9. The molecular formula is C31H30KN4O4. The van der Waals surface area contributed by atoms with E-state index in [1.807, 2.05) is 79.7 Å². The fourth-order valence-corrected chi connectivity index (χ4v) is 4.80. The van der Waals surface area contributed by atoms with Crippen LogP contribution in [0.3, 0.4) is 0 Å². The van der Waals surface area contributed by atoms with Gasteiger partial charge < -0.3 is 4.74 Å². The normalized spacial score (nSPS) is 10.8. The van der Waals surface area contributed by atoms with Crippen molar-refractivity contribution in [1.82, 2.24) is 19.7 Å². The zero-order chi connectivity index (χ0) is 27.4. The second-order valence-corrected chi connectivity index (χ2v) is 9.26. The standard InChI is InChI=1S/C31H30N4O4.K/c1-4-8-27-26(30(36)35(28(5-2)32-27)22-15-17-23(38-3)18-16-22)19-20-11-13-21(14-12-20)24-9-6-7-10-25(24)29-33-31(37)39-34-29;/h6-7,9-18H,4-5,8,19H2,1-3H3,(H,33,34,37);. The maximum atomic E-state index is 13.9. The van der Waals surface area contributed by atoms with E-state index in [9.17, 15) is 9.59 Å². The number of rotatable bonds is 9. The molecule has 5 rings (SSSR count). The molecule has 0 aliphatic rings. The molecule has 0 atom stereocenters. The smallest absolute Gasteiger partial charge is 0.439 e. The summed E-state index contributed by atoms with van der Waals surface area (Å²) in [5.41, 5.74) is 5.94. The molecule has 8 nitrogen and oxygen atoms in total. The van der Waals surface area contributed by atoms with E-state index in [1.54, 1.807) is 11.7 Å². The van der Waals surface area contributed by atoms with E-state index in [4.69, 9.17) is 14.2 Å². The van der Waals surface area contributed by atoms with Gasteiger partial charge in [-0.1, -0.05) is 74.0 Å². The second kappa shape index (κ2) is 13.5. The monoisotopic (exact) mass is 561 g/mol. The number of hydrogen-bond acceptors (Lipinski definition) is 6. The van der Waals surface area contributed by atoms with Crippen molar-refractivity contribution in [3.05, 3.63) is 116 Å². The third kappa shape index (κ3) is 6.29. The summed E-state index contributed by atoms with van der Waals surface area (Å²) in [6.45, 7) is 4.11. The number of nitrogens with one attached hydrogen (secondary N) is 1. The first-order valence-corrected chi connectivity index (χ1v) is 13.0. The molecule has 0 amide bonds. The number of methoxy groups -OCH3 is 1. The number of H-pyrrole nitrogens is 1. The summed E-state index contributed by atoms with van der Waals surface area (Å²) in [7, 11) is 1.62. The summed E-state index contributed by atoms with van der Waals surface area (Å²) < 4.78 is 11.7. The summed E-state index contributed by atoms with van der Waals surface area (Å²) in [5.74, 6) is 1.26. The molecule has 0 unspecified atom stereocenters. The van der Waals surface area contributed by atoms with E-state index in [2.05, 4.69) is 17.1 Å². The number of hydrogen-bond donors (Lipinski definition) is 1. The number of aryl methyl sites for hydroxylation is 2. The Labute approximate surface area is 274 Å². The minimum absolute atomic E-state index is 0. The first kappa shape index (κ1) is 29.9. The van der Waals surface area contributed by atoms with Gasteiger partial charge in [-0.15, -0.1) is 0 Å². The average Bonchev–Trinajstić information content (AvgIpc) is 3.41. The first-order valence-electron chi connectivity index (χ1n) is 13.0. The number of nitrogens with zero attached hydrogens (tertiary/aromatic N) is 3. The van der Waals surface area contributed by atoms with Crippen LogP contribution in [0.2, 0.25) is 0 Å². The predicted molar refractivity (Wildman–Crippen MR) is 156 cm³/mol. The van der Waals surface area contributed by atoms with Crippen molar-refractivity contribution in [2.45, 2.75) is 39.5 Å². The van der Waals surface area contributed by atoms with Crippen molar-refractivity contribution in [2.24, 2.45) is 0 Å². The van der Waals surface area contributed by atoms with Crippen LogP contribution in [0.1, 0.15) is 42.9 Å². The third-order valence-corrected chi connectivity index (χ3v) is 6.73. The van der Waals surface area contributed by atoms with Gasteiger partial charge in [0.15, 0.2) is 5.82 Å². The number of aromatic amines is 1. The van der Waals surface area contributed by atoms with Crippen molar-refractivity contribution in [3.63, 3.8) is 0 Å². The van der Waals surface area contributed by atoms with E-state index < -0.39 is 5.76 Å². The van der Waals surface area contributed by atoms with E-state index >= 15 is 0 Å². The molecular weight excluding hydrogens is 531 g/mol. The molecule has 1 radical (unpaired) electrons. The molecule has 0 fully saturated rings. The van der Waals surface area contributed by atoms with Crippen molar-refractivity contribution < 1.29 is 9.26 Å². The summed E-state index contributed by atoms with van der Waals surface area (Å²) in [6, 6.07) is 23.2. The summed E-state index contributed by atoms with van der Waals surface area (Å²) in [5, 5.41) is 3.85. The minimum atomic E-state index is -0.596. The molecule has 0 aliphatic carbocycles. The Morgan fingerprint density at radius 3 is 2.23 bits per heavy atom. The van der Waals surface area contributed by atoms with Crippen molar-refractivity contribution >= 4 is 51.4 Å². The second-order valence-electron chi connectivity index (χ2n) is 9.26. The van der Waals surface area contributed by atoms with Crippen molar-refractivity contribution in [2.75, 3.05) is 7.11 Å².